The smallest absolute Gasteiger partial charge is 0.228 e. The van der Waals surface area contributed by atoms with Crippen molar-refractivity contribution in [2.24, 2.45) is 5.41 Å². The van der Waals surface area contributed by atoms with Crippen molar-refractivity contribution in [3.05, 3.63) is 60.0 Å². The minimum atomic E-state index is -0.587. The molecule has 0 spiro atoms. The van der Waals surface area contributed by atoms with E-state index < -0.39 is 5.41 Å². The summed E-state index contributed by atoms with van der Waals surface area (Å²) in [6, 6.07) is 12.6. The van der Waals surface area contributed by atoms with Crippen LogP contribution in [-0.4, -0.2) is 36.3 Å². The van der Waals surface area contributed by atoms with Crippen molar-refractivity contribution < 1.29 is 9.59 Å². The summed E-state index contributed by atoms with van der Waals surface area (Å²) in [5, 5.41) is 5.05. The van der Waals surface area contributed by atoms with Gasteiger partial charge in [0, 0.05) is 30.9 Å². The van der Waals surface area contributed by atoms with Crippen molar-refractivity contribution in [2.45, 2.75) is 32.6 Å². The maximum atomic E-state index is 13.1. The fraction of sp³-hybridized carbons (Fsp3) is 0.391. The van der Waals surface area contributed by atoms with E-state index in [9.17, 15) is 9.59 Å². The van der Waals surface area contributed by atoms with E-state index in [1.54, 1.807) is 17.4 Å². The van der Waals surface area contributed by atoms with E-state index in [2.05, 4.69) is 47.6 Å². The number of benzene rings is 1. The number of carbonyl (C=O) groups is 2. The Bertz CT molecular complexity index is 814. The number of hydrogen-bond acceptors (Lipinski definition) is 3. The van der Waals surface area contributed by atoms with Crippen molar-refractivity contribution in [3.63, 3.8) is 0 Å². The lowest BCUT2D eigenvalue weighted by molar-refractivity contribution is -0.141. The van der Waals surface area contributed by atoms with Crippen LogP contribution < -0.4 is 5.32 Å². The van der Waals surface area contributed by atoms with Gasteiger partial charge in [-0.1, -0.05) is 43.3 Å². The molecule has 0 radical (unpaired) electrons. The molecule has 1 N–H and O–H groups in total. The third kappa shape index (κ3) is 4.53. The van der Waals surface area contributed by atoms with Gasteiger partial charge in [-0.2, -0.15) is 0 Å². The first-order valence-electron chi connectivity index (χ1n) is 9.88. The normalized spacial score (nSPS) is 19.2. The maximum absolute atomic E-state index is 13.1. The van der Waals surface area contributed by atoms with E-state index in [-0.39, 0.29) is 11.8 Å². The second-order valence-electron chi connectivity index (χ2n) is 7.40. The van der Waals surface area contributed by atoms with Gasteiger partial charge in [-0.05, 0) is 41.8 Å². The lowest BCUT2D eigenvalue weighted by atomic mass is 9.74. The van der Waals surface area contributed by atoms with Gasteiger partial charge in [-0.15, -0.1) is 17.9 Å². The van der Waals surface area contributed by atoms with Gasteiger partial charge in [-0.3, -0.25) is 9.59 Å². The maximum Gasteiger partial charge on any atom is 0.228 e. The van der Waals surface area contributed by atoms with Crippen LogP contribution in [0.25, 0.3) is 10.4 Å². The van der Waals surface area contributed by atoms with Gasteiger partial charge in [0.1, 0.15) is 0 Å². The first-order valence-corrected chi connectivity index (χ1v) is 10.8. The summed E-state index contributed by atoms with van der Waals surface area (Å²) < 4.78 is 0. The number of nitrogens with one attached hydrogen (secondary N) is 1. The van der Waals surface area contributed by atoms with Gasteiger partial charge in [0.05, 0.1) is 5.41 Å². The van der Waals surface area contributed by atoms with E-state index in [0.29, 0.717) is 25.9 Å². The standard InChI is InChI=1S/C23H28N2O2S/c1-3-13-24-22(27)23(12-6-14-25(17-23)21(26)4-2)16-18-8-10-19(11-9-18)20-7-5-15-28-20/h3,5,7-11,15H,1,4,6,12-14,16-17H2,2H3,(H,24,27). The topological polar surface area (TPSA) is 49.4 Å². The number of likely N-dealkylation sites (tertiary alicyclic amines) is 1. The Morgan fingerprint density at radius 3 is 2.71 bits per heavy atom. The molecule has 28 heavy (non-hydrogen) atoms. The Hall–Kier alpha value is -2.40. The molecule has 2 amide bonds. The van der Waals surface area contributed by atoms with Crippen molar-refractivity contribution in [2.75, 3.05) is 19.6 Å². The summed E-state index contributed by atoms with van der Waals surface area (Å²) in [4.78, 5) is 28.5. The summed E-state index contributed by atoms with van der Waals surface area (Å²) in [6.45, 7) is 7.23. The summed E-state index contributed by atoms with van der Waals surface area (Å²) >= 11 is 1.72. The highest BCUT2D eigenvalue weighted by Gasteiger charge is 2.43. The number of piperidine rings is 1. The van der Waals surface area contributed by atoms with E-state index in [4.69, 9.17) is 0 Å². The summed E-state index contributed by atoms with van der Waals surface area (Å²) in [5.74, 6) is 0.136. The molecule has 2 aromatic rings. The van der Waals surface area contributed by atoms with Crippen LogP contribution in [0.1, 0.15) is 31.7 Å². The summed E-state index contributed by atoms with van der Waals surface area (Å²) in [7, 11) is 0. The lowest BCUT2D eigenvalue weighted by Crippen LogP contribution is -2.54. The molecule has 1 saturated heterocycles. The molecule has 3 rings (SSSR count). The average molecular weight is 397 g/mol. The van der Waals surface area contributed by atoms with E-state index in [1.165, 1.54) is 10.4 Å². The van der Waals surface area contributed by atoms with Gasteiger partial charge >= 0.3 is 0 Å². The number of thiophene rings is 1. The first-order chi connectivity index (χ1) is 13.6. The molecule has 0 aliphatic carbocycles. The monoisotopic (exact) mass is 396 g/mol. The van der Waals surface area contributed by atoms with Gasteiger partial charge < -0.3 is 10.2 Å². The quantitative estimate of drug-likeness (QED) is 0.710. The molecule has 0 bridgehead atoms. The molecule has 1 aliphatic rings. The van der Waals surface area contributed by atoms with Crippen LogP contribution in [0.3, 0.4) is 0 Å². The Balaban J connectivity index is 1.83. The Kier molecular flexibility index (Phi) is 6.68. The van der Waals surface area contributed by atoms with E-state index in [0.717, 1.165) is 24.9 Å². The van der Waals surface area contributed by atoms with Crippen LogP contribution >= 0.6 is 11.3 Å². The van der Waals surface area contributed by atoms with Crippen LogP contribution in [0.2, 0.25) is 0 Å². The highest BCUT2D eigenvalue weighted by molar-refractivity contribution is 7.13. The van der Waals surface area contributed by atoms with Gasteiger partial charge in [0.2, 0.25) is 11.8 Å². The van der Waals surface area contributed by atoms with Crippen molar-refractivity contribution in [1.29, 1.82) is 0 Å². The molecule has 2 heterocycles. The molecule has 1 aromatic carbocycles. The van der Waals surface area contributed by atoms with Crippen molar-refractivity contribution >= 4 is 23.2 Å². The number of hydrogen-bond donors (Lipinski definition) is 1. The van der Waals surface area contributed by atoms with Gasteiger partial charge in [0.25, 0.3) is 0 Å². The largest absolute Gasteiger partial charge is 0.352 e. The highest BCUT2D eigenvalue weighted by atomic mass is 32.1. The van der Waals surface area contributed by atoms with Crippen molar-refractivity contribution in [3.8, 4) is 10.4 Å². The van der Waals surface area contributed by atoms with Crippen LogP contribution in [0, 0.1) is 5.41 Å². The summed E-state index contributed by atoms with van der Waals surface area (Å²) in [6.07, 6.45) is 4.43. The minimum absolute atomic E-state index is 0.0170. The fourth-order valence-corrected chi connectivity index (χ4v) is 4.68. The molecule has 148 valence electrons. The number of nitrogens with zero attached hydrogens (tertiary/aromatic N) is 1. The number of rotatable bonds is 7. The van der Waals surface area contributed by atoms with Crippen LogP contribution in [0.4, 0.5) is 0 Å². The molecular weight excluding hydrogens is 368 g/mol. The molecule has 1 atom stereocenters. The zero-order chi connectivity index (χ0) is 20.0. The Labute approximate surface area is 171 Å². The number of carbonyl (C=O) groups excluding carboxylic acids is 2. The Morgan fingerprint density at radius 2 is 2.07 bits per heavy atom. The predicted molar refractivity (Wildman–Crippen MR) is 115 cm³/mol. The zero-order valence-corrected chi connectivity index (χ0v) is 17.3. The highest BCUT2D eigenvalue weighted by Crippen LogP contribution is 2.35. The molecule has 0 saturated carbocycles. The summed E-state index contributed by atoms with van der Waals surface area (Å²) in [5.41, 5.74) is 1.73. The lowest BCUT2D eigenvalue weighted by Gasteiger charge is -2.42. The molecule has 1 aromatic heterocycles. The van der Waals surface area contributed by atoms with Crippen LogP contribution in [0.15, 0.2) is 54.4 Å². The van der Waals surface area contributed by atoms with Gasteiger partial charge in [-0.25, -0.2) is 0 Å². The second kappa shape index (κ2) is 9.20. The molecule has 5 heteroatoms. The molecular formula is C23H28N2O2S. The van der Waals surface area contributed by atoms with Gasteiger partial charge in [0.15, 0.2) is 0 Å². The molecule has 1 fully saturated rings. The van der Waals surface area contributed by atoms with E-state index in [1.807, 2.05) is 17.9 Å². The SMILES string of the molecule is C=CCNC(=O)C1(Cc2ccc(-c3cccs3)cc2)CCCN(C(=O)CC)C1. The minimum Gasteiger partial charge on any atom is -0.352 e. The Morgan fingerprint density at radius 1 is 1.29 bits per heavy atom. The fourth-order valence-electron chi connectivity index (χ4n) is 3.95. The van der Waals surface area contributed by atoms with Crippen molar-refractivity contribution in [1.82, 2.24) is 10.2 Å². The molecule has 4 nitrogen and oxygen atoms in total. The zero-order valence-electron chi connectivity index (χ0n) is 16.4. The average Bonchev–Trinajstić information content (AvgIpc) is 3.27. The second-order valence-corrected chi connectivity index (χ2v) is 8.35. The van der Waals surface area contributed by atoms with E-state index >= 15 is 0 Å². The molecule has 1 unspecified atom stereocenters. The number of amides is 2. The predicted octanol–water partition coefficient (Wildman–Crippen LogP) is 4.28. The molecule has 1 aliphatic heterocycles. The third-order valence-electron chi connectivity index (χ3n) is 5.42. The van der Waals surface area contributed by atoms with Crippen LogP contribution in [-0.2, 0) is 16.0 Å². The third-order valence-corrected chi connectivity index (χ3v) is 6.34. The van der Waals surface area contributed by atoms with Crippen LogP contribution in [0.5, 0.6) is 0 Å². The first kappa shape index (κ1) is 20.3.